The number of hydrogen-bond donors (Lipinski definition) is 1. The van der Waals surface area contributed by atoms with Crippen molar-refractivity contribution in [3.63, 3.8) is 0 Å². The third-order valence-corrected chi connectivity index (χ3v) is 3.10. The molecule has 0 aliphatic heterocycles. The summed E-state index contributed by atoms with van der Waals surface area (Å²) < 4.78 is 20.1. The summed E-state index contributed by atoms with van der Waals surface area (Å²) in [6, 6.07) is 8.48. The smallest absolute Gasteiger partial charge is 0.129 e. The molecule has 4 heteroatoms. The molecule has 0 saturated heterocycles. The molecule has 0 amide bonds. The monoisotopic (exact) mass is 297 g/mol. The van der Waals surface area contributed by atoms with E-state index in [1.165, 1.54) is 6.07 Å². The molecular formula is C13H13BrFNO. The lowest BCUT2D eigenvalue weighted by Gasteiger charge is -2.15. The maximum absolute atomic E-state index is 13.9. The van der Waals surface area contributed by atoms with Crippen LogP contribution in [0.1, 0.15) is 23.1 Å². The molecule has 1 heterocycles. The van der Waals surface area contributed by atoms with Crippen LogP contribution in [0.2, 0.25) is 0 Å². The summed E-state index contributed by atoms with van der Waals surface area (Å²) in [5.74, 6) is 1.27. The standard InChI is InChI=1S/C13H13BrFNO/c1-8-3-6-12(17-8)13(16-2)10-5-4-9(14)7-11(10)15/h3-7,13,16H,1-2H3. The minimum atomic E-state index is -0.267. The molecule has 0 radical (unpaired) electrons. The zero-order valence-corrected chi connectivity index (χ0v) is 11.2. The lowest BCUT2D eigenvalue weighted by atomic mass is 10.0. The van der Waals surface area contributed by atoms with Crippen LogP contribution in [0, 0.1) is 12.7 Å². The van der Waals surface area contributed by atoms with Gasteiger partial charge in [-0.2, -0.15) is 0 Å². The van der Waals surface area contributed by atoms with Gasteiger partial charge in [-0.15, -0.1) is 0 Å². The van der Waals surface area contributed by atoms with Gasteiger partial charge in [0.1, 0.15) is 17.3 Å². The molecule has 17 heavy (non-hydrogen) atoms. The number of hydrogen-bond acceptors (Lipinski definition) is 2. The molecule has 0 aliphatic rings. The topological polar surface area (TPSA) is 25.2 Å². The average Bonchev–Trinajstić information content (AvgIpc) is 2.69. The summed E-state index contributed by atoms with van der Waals surface area (Å²) >= 11 is 3.24. The minimum Gasteiger partial charge on any atom is -0.464 e. The molecule has 1 N–H and O–H groups in total. The van der Waals surface area contributed by atoms with Crippen molar-refractivity contribution in [2.24, 2.45) is 0 Å². The van der Waals surface area contributed by atoms with Crippen LogP contribution in [0.4, 0.5) is 4.39 Å². The molecule has 1 aromatic heterocycles. The highest BCUT2D eigenvalue weighted by Gasteiger charge is 2.19. The van der Waals surface area contributed by atoms with E-state index in [0.717, 1.165) is 10.2 Å². The molecule has 2 aromatic rings. The Bertz CT molecular complexity index is 524. The van der Waals surface area contributed by atoms with E-state index in [-0.39, 0.29) is 11.9 Å². The Labute approximate surface area is 108 Å². The van der Waals surface area contributed by atoms with Gasteiger partial charge >= 0.3 is 0 Å². The lowest BCUT2D eigenvalue weighted by molar-refractivity contribution is 0.436. The minimum absolute atomic E-state index is 0.257. The van der Waals surface area contributed by atoms with Gasteiger partial charge in [0.05, 0.1) is 6.04 Å². The quantitative estimate of drug-likeness (QED) is 0.932. The molecule has 0 bridgehead atoms. The maximum Gasteiger partial charge on any atom is 0.129 e. The van der Waals surface area contributed by atoms with Gasteiger partial charge in [-0.3, -0.25) is 0 Å². The Kier molecular flexibility index (Phi) is 3.64. The molecule has 90 valence electrons. The fraction of sp³-hybridized carbons (Fsp3) is 0.231. The molecular weight excluding hydrogens is 285 g/mol. The maximum atomic E-state index is 13.9. The van der Waals surface area contributed by atoms with E-state index >= 15 is 0 Å². The predicted molar refractivity (Wildman–Crippen MR) is 68.4 cm³/mol. The third kappa shape index (κ3) is 2.58. The molecule has 2 nitrogen and oxygen atoms in total. The van der Waals surface area contributed by atoms with Crippen molar-refractivity contribution >= 4 is 15.9 Å². The van der Waals surface area contributed by atoms with Crippen molar-refractivity contribution in [3.05, 3.63) is 57.7 Å². The highest BCUT2D eigenvalue weighted by atomic mass is 79.9. The molecule has 1 aromatic carbocycles. The van der Waals surface area contributed by atoms with Crippen LogP contribution >= 0.6 is 15.9 Å². The molecule has 2 rings (SSSR count). The van der Waals surface area contributed by atoms with Crippen LogP contribution < -0.4 is 5.32 Å². The fourth-order valence-corrected chi connectivity index (χ4v) is 2.13. The summed E-state index contributed by atoms with van der Waals surface area (Å²) in [4.78, 5) is 0. The van der Waals surface area contributed by atoms with Crippen LogP contribution in [0.15, 0.2) is 39.2 Å². The van der Waals surface area contributed by atoms with Crippen molar-refractivity contribution in [2.75, 3.05) is 7.05 Å². The second-order valence-corrected chi connectivity index (χ2v) is 4.75. The van der Waals surface area contributed by atoms with E-state index in [2.05, 4.69) is 21.2 Å². The first-order chi connectivity index (χ1) is 8.11. The van der Waals surface area contributed by atoms with Crippen LogP contribution in [0.3, 0.4) is 0 Å². The average molecular weight is 298 g/mol. The van der Waals surface area contributed by atoms with Crippen LogP contribution in [0.5, 0.6) is 0 Å². The van der Waals surface area contributed by atoms with Gasteiger partial charge in [0.25, 0.3) is 0 Å². The SMILES string of the molecule is CNC(c1ccc(C)o1)c1ccc(Br)cc1F. The fourth-order valence-electron chi connectivity index (χ4n) is 1.80. The molecule has 0 fully saturated rings. The van der Waals surface area contributed by atoms with E-state index in [4.69, 9.17) is 4.42 Å². The van der Waals surface area contributed by atoms with E-state index in [1.807, 2.05) is 25.1 Å². The van der Waals surface area contributed by atoms with Crippen molar-refractivity contribution in [1.29, 1.82) is 0 Å². The molecule has 0 aliphatic carbocycles. The molecule has 0 spiro atoms. The summed E-state index contributed by atoms with van der Waals surface area (Å²) in [5, 5.41) is 3.06. The first-order valence-corrected chi connectivity index (χ1v) is 6.09. The third-order valence-electron chi connectivity index (χ3n) is 2.61. The zero-order valence-electron chi connectivity index (χ0n) is 9.63. The van der Waals surface area contributed by atoms with Crippen molar-refractivity contribution in [3.8, 4) is 0 Å². The normalized spacial score (nSPS) is 12.7. The van der Waals surface area contributed by atoms with Gasteiger partial charge in [-0.1, -0.05) is 22.0 Å². The predicted octanol–water partition coefficient (Wildman–Crippen LogP) is 3.80. The Morgan fingerprint density at radius 3 is 2.59 bits per heavy atom. The number of aryl methyl sites for hydroxylation is 1. The van der Waals surface area contributed by atoms with Gasteiger partial charge in [-0.05, 0) is 38.2 Å². The largest absolute Gasteiger partial charge is 0.464 e. The van der Waals surface area contributed by atoms with E-state index in [0.29, 0.717) is 11.3 Å². The van der Waals surface area contributed by atoms with Crippen molar-refractivity contribution in [2.45, 2.75) is 13.0 Å². The Hall–Kier alpha value is -1.13. The molecule has 1 atom stereocenters. The van der Waals surface area contributed by atoms with Crippen LogP contribution in [-0.2, 0) is 0 Å². The molecule has 0 saturated carbocycles. The second kappa shape index (κ2) is 5.02. The van der Waals surface area contributed by atoms with Gasteiger partial charge < -0.3 is 9.73 Å². The number of benzene rings is 1. The number of halogens is 2. The lowest BCUT2D eigenvalue weighted by Crippen LogP contribution is -2.18. The van der Waals surface area contributed by atoms with Gasteiger partial charge in [0, 0.05) is 10.0 Å². The van der Waals surface area contributed by atoms with Crippen molar-refractivity contribution in [1.82, 2.24) is 5.32 Å². The van der Waals surface area contributed by atoms with E-state index in [1.54, 1.807) is 13.1 Å². The van der Waals surface area contributed by atoms with E-state index < -0.39 is 0 Å². The first-order valence-electron chi connectivity index (χ1n) is 5.30. The Balaban J connectivity index is 2.42. The van der Waals surface area contributed by atoms with Gasteiger partial charge in [-0.25, -0.2) is 4.39 Å². The van der Waals surface area contributed by atoms with E-state index in [9.17, 15) is 4.39 Å². The Morgan fingerprint density at radius 1 is 1.29 bits per heavy atom. The first kappa shape index (κ1) is 12.3. The Morgan fingerprint density at radius 2 is 2.06 bits per heavy atom. The van der Waals surface area contributed by atoms with Crippen LogP contribution in [-0.4, -0.2) is 7.05 Å². The molecule has 1 unspecified atom stereocenters. The summed E-state index contributed by atoms with van der Waals surface area (Å²) in [7, 11) is 1.78. The van der Waals surface area contributed by atoms with Crippen LogP contribution in [0.25, 0.3) is 0 Å². The summed E-state index contributed by atoms with van der Waals surface area (Å²) in [6.07, 6.45) is 0. The van der Waals surface area contributed by atoms with Gasteiger partial charge in [0.15, 0.2) is 0 Å². The zero-order chi connectivity index (χ0) is 12.4. The highest BCUT2D eigenvalue weighted by molar-refractivity contribution is 9.10. The summed E-state index contributed by atoms with van der Waals surface area (Å²) in [6.45, 7) is 1.87. The number of rotatable bonds is 3. The summed E-state index contributed by atoms with van der Waals surface area (Å²) in [5.41, 5.74) is 0.574. The second-order valence-electron chi connectivity index (χ2n) is 3.84. The van der Waals surface area contributed by atoms with Crippen molar-refractivity contribution < 1.29 is 8.81 Å². The highest BCUT2D eigenvalue weighted by Crippen LogP contribution is 2.27. The number of furan rings is 1. The number of nitrogens with one attached hydrogen (secondary N) is 1. The van der Waals surface area contributed by atoms with Gasteiger partial charge in [0.2, 0.25) is 0 Å².